The monoisotopic (exact) mass is 392 g/mol. The van der Waals surface area contributed by atoms with Gasteiger partial charge in [0, 0.05) is 24.8 Å². The second-order valence-electron chi connectivity index (χ2n) is 6.58. The first kappa shape index (κ1) is 16.8. The summed E-state index contributed by atoms with van der Waals surface area (Å²) in [6.45, 7) is 3.20. The molecule has 10 heteroatoms. The summed E-state index contributed by atoms with van der Waals surface area (Å²) in [6.07, 6.45) is 4.53. The van der Waals surface area contributed by atoms with Gasteiger partial charge in [0.05, 0.1) is 21.1 Å². The number of thiazole rings is 1. The normalized spacial score (nSPS) is 14.2. The maximum atomic E-state index is 12.6. The molecule has 0 bridgehead atoms. The molecule has 1 aliphatic rings. The number of nitrogens with zero attached hydrogens (tertiary/aromatic N) is 7. The first-order chi connectivity index (χ1) is 13.7. The van der Waals surface area contributed by atoms with Gasteiger partial charge in [0.15, 0.2) is 5.82 Å². The molecule has 5 rings (SSSR count). The molecule has 3 aromatic heterocycles. The van der Waals surface area contributed by atoms with E-state index in [0.29, 0.717) is 18.9 Å². The molecule has 0 spiro atoms. The summed E-state index contributed by atoms with van der Waals surface area (Å²) < 4.78 is 2.70. The van der Waals surface area contributed by atoms with Crippen molar-refractivity contribution < 1.29 is 4.79 Å². The second kappa shape index (κ2) is 6.64. The molecule has 4 heterocycles. The van der Waals surface area contributed by atoms with Crippen LogP contribution in [0.15, 0.2) is 43.2 Å². The van der Waals surface area contributed by atoms with Gasteiger partial charge in [-0.25, -0.2) is 24.6 Å². The van der Waals surface area contributed by atoms with Crippen LogP contribution in [0.1, 0.15) is 5.01 Å². The maximum absolute atomic E-state index is 12.6. The van der Waals surface area contributed by atoms with Crippen molar-refractivity contribution in [2.45, 2.75) is 6.92 Å². The van der Waals surface area contributed by atoms with E-state index in [0.717, 1.165) is 26.7 Å². The van der Waals surface area contributed by atoms with Crippen LogP contribution < -0.4 is 10.2 Å². The van der Waals surface area contributed by atoms with E-state index in [1.54, 1.807) is 22.3 Å². The van der Waals surface area contributed by atoms with E-state index in [1.165, 1.54) is 12.7 Å². The number of hydrogen-bond acceptors (Lipinski definition) is 8. The first-order valence-electron chi connectivity index (χ1n) is 8.76. The second-order valence-corrected chi connectivity index (χ2v) is 7.82. The third-order valence-electron chi connectivity index (χ3n) is 4.63. The fourth-order valence-corrected chi connectivity index (χ4v) is 3.97. The Morgan fingerprint density at radius 1 is 1.18 bits per heavy atom. The lowest BCUT2D eigenvalue weighted by Gasteiger charge is -2.39. The van der Waals surface area contributed by atoms with E-state index in [4.69, 9.17) is 0 Å². The minimum Gasteiger partial charge on any atom is -0.355 e. The largest absolute Gasteiger partial charge is 0.355 e. The molecule has 0 unspecified atom stereocenters. The number of carbonyl (C=O) groups excluding carboxylic acids is 1. The van der Waals surface area contributed by atoms with Gasteiger partial charge in [-0.3, -0.25) is 4.79 Å². The predicted molar refractivity (Wildman–Crippen MR) is 106 cm³/mol. The number of benzene rings is 1. The van der Waals surface area contributed by atoms with Crippen LogP contribution in [-0.2, 0) is 4.79 Å². The lowest BCUT2D eigenvalue weighted by Crippen LogP contribution is -2.52. The van der Waals surface area contributed by atoms with Crippen molar-refractivity contribution in [3.8, 4) is 5.82 Å². The molecule has 4 aromatic rings. The Morgan fingerprint density at radius 2 is 2.04 bits per heavy atom. The van der Waals surface area contributed by atoms with Gasteiger partial charge in [-0.15, -0.1) is 11.3 Å². The summed E-state index contributed by atoms with van der Waals surface area (Å²) in [5.41, 5.74) is 1.69. The van der Waals surface area contributed by atoms with E-state index < -0.39 is 0 Å². The molecular formula is C18H16N8OS. The highest BCUT2D eigenvalue weighted by atomic mass is 32.1. The fourth-order valence-electron chi connectivity index (χ4n) is 3.16. The third-order valence-corrected chi connectivity index (χ3v) is 5.58. The van der Waals surface area contributed by atoms with Crippen LogP contribution in [0.2, 0.25) is 0 Å². The Hall–Kier alpha value is -3.40. The van der Waals surface area contributed by atoms with Crippen molar-refractivity contribution in [1.29, 1.82) is 0 Å². The molecule has 140 valence electrons. The zero-order valence-corrected chi connectivity index (χ0v) is 15.8. The average molecular weight is 392 g/mol. The highest BCUT2D eigenvalue weighted by Gasteiger charge is 2.33. The molecule has 0 aliphatic carbocycles. The van der Waals surface area contributed by atoms with Crippen molar-refractivity contribution in [3.63, 3.8) is 0 Å². The van der Waals surface area contributed by atoms with Crippen LogP contribution in [0.3, 0.4) is 0 Å². The number of hydrogen-bond donors (Lipinski definition) is 1. The smallest absolute Gasteiger partial charge is 0.231 e. The molecule has 1 aromatic carbocycles. The van der Waals surface area contributed by atoms with Crippen LogP contribution >= 0.6 is 11.3 Å². The van der Waals surface area contributed by atoms with Crippen molar-refractivity contribution >= 4 is 39.0 Å². The van der Waals surface area contributed by atoms with Gasteiger partial charge in [-0.2, -0.15) is 5.10 Å². The highest BCUT2D eigenvalue weighted by molar-refractivity contribution is 7.18. The van der Waals surface area contributed by atoms with E-state index in [2.05, 4.69) is 30.4 Å². The SMILES string of the molecule is Cc1nc2cc(NC(=O)C3CN(c4cc(-n5cncn5)ncn4)C3)ccc2s1. The number of fused-ring (bicyclic) bond motifs is 1. The van der Waals surface area contributed by atoms with Gasteiger partial charge >= 0.3 is 0 Å². The topological polar surface area (TPSA) is 102 Å². The molecule has 1 aliphatic heterocycles. The molecule has 0 radical (unpaired) electrons. The third kappa shape index (κ3) is 3.07. The van der Waals surface area contributed by atoms with Gasteiger partial charge in [0.25, 0.3) is 0 Å². The van der Waals surface area contributed by atoms with Crippen LogP contribution in [0, 0.1) is 12.8 Å². The number of nitrogens with one attached hydrogen (secondary N) is 1. The lowest BCUT2D eigenvalue weighted by atomic mass is 9.99. The zero-order chi connectivity index (χ0) is 19.1. The van der Waals surface area contributed by atoms with Gasteiger partial charge in [-0.05, 0) is 25.1 Å². The first-order valence-corrected chi connectivity index (χ1v) is 9.57. The van der Waals surface area contributed by atoms with E-state index in [1.807, 2.05) is 36.1 Å². The molecular weight excluding hydrogens is 376 g/mol. The fraction of sp³-hybridized carbons (Fsp3) is 0.222. The summed E-state index contributed by atoms with van der Waals surface area (Å²) in [4.78, 5) is 31.5. The van der Waals surface area contributed by atoms with E-state index in [9.17, 15) is 4.79 Å². The number of aryl methyl sites for hydroxylation is 1. The van der Waals surface area contributed by atoms with Crippen LogP contribution in [0.5, 0.6) is 0 Å². The summed E-state index contributed by atoms with van der Waals surface area (Å²) in [5.74, 6) is 1.33. The van der Waals surface area contributed by atoms with Gasteiger partial charge in [0.1, 0.15) is 24.8 Å². The molecule has 1 N–H and O–H groups in total. The number of aromatic nitrogens is 6. The molecule has 1 amide bonds. The number of carbonyl (C=O) groups is 1. The number of anilines is 2. The Labute approximate surface area is 164 Å². The van der Waals surface area contributed by atoms with E-state index in [-0.39, 0.29) is 11.8 Å². The average Bonchev–Trinajstić information content (AvgIpc) is 3.29. The minimum absolute atomic E-state index is 0.00751. The summed E-state index contributed by atoms with van der Waals surface area (Å²) in [7, 11) is 0. The van der Waals surface area contributed by atoms with Crippen LogP contribution in [0.4, 0.5) is 11.5 Å². The number of rotatable bonds is 4. The lowest BCUT2D eigenvalue weighted by molar-refractivity contribution is -0.120. The Kier molecular flexibility index (Phi) is 3.97. The Morgan fingerprint density at radius 3 is 2.86 bits per heavy atom. The van der Waals surface area contributed by atoms with Gasteiger partial charge in [-0.1, -0.05) is 0 Å². The summed E-state index contributed by atoms with van der Waals surface area (Å²) in [5, 5.41) is 8.08. The minimum atomic E-state index is -0.0855. The quantitative estimate of drug-likeness (QED) is 0.567. The summed E-state index contributed by atoms with van der Waals surface area (Å²) >= 11 is 1.65. The molecule has 0 atom stereocenters. The molecule has 1 fully saturated rings. The van der Waals surface area contributed by atoms with Crippen molar-refractivity contribution in [3.05, 3.63) is 48.3 Å². The van der Waals surface area contributed by atoms with Crippen molar-refractivity contribution in [1.82, 2.24) is 29.7 Å². The van der Waals surface area contributed by atoms with Crippen molar-refractivity contribution in [2.24, 2.45) is 5.92 Å². The maximum Gasteiger partial charge on any atom is 0.231 e. The van der Waals surface area contributed by atoms with Crippen LogP contribution in [-0.4, -0.2) is 48.7 Å². The standard InChI is InChI=1S/C18H16N8OS/c1-11-23-14-4-13(2-3-15(14)28-11)24-18(27)12-6-25(7-12)16-5-17(21-9-20-16)26-10-19-8-22-26/h2-5,8-10,12H,6-7H2,1H3,(H,24,27). The molecule has 28 heavy (non-hydrogen) atoms. The van der Waals surface area contributed by atoms with Crippen molar-refractivity contribution in [2.75, 3.05) is 23.3 Å². The Bertz CT molecular complexity index is 1150. The van der Waals surface area contributed by atoms with Crippen LogP contribution in [0.25, 0.3) is 16.0 Å². The predicted octanol–water partition coefficient (Wildman–Crippen LogP) is 2.05. The number of amides is 1. The Balaban J connectivity index is 1.24. The summed E-state index contributed by atoms with van der Waals surface area (Å²) in [6, 6.07) is 7.67. The highest BCUT2D eigenvalue weighted by Crippen LogP contribution is 2.27. The molecule has 0 saturated carbocycles. The molecule has 9 nitrogen and oxygen atoms in total. The van der Waals surface area contributed by atoms with E-state index >= 15 is 0 Å². The van der Waals surface area contributed by atoms with Gasteiger partial charge in [0.2, 0.25) is 5.91 Å². The molecule has 1 saturated heterocycles. The zero-order valence-electron chi connectivity index (χ0n) is 15.0. The van der Waals surface area contributed by atoms with Gasteiger partial charge < -0.3 is 10.2 Å².